The Bertz CT molecular complexity index is 538. The Labute approximate surface area is 152 Å². The summed E-state index contributed by atoms with van der Waals surface area (Å²) in [6.45, 7) is 11.3. The molecule has 1 aromatic heterocycles. The highest BCUT2D eigenvalue weighted by Gasteiger charge is 2.37. The number of carbonyl (C=O) groups is 1. The SMILES string of the molecule is CCCC1(CNCc2ccncc2)CCCN(C(=O)OC(C)(C)C)C1. The van der Waals surface area contributed by atoms with Gasteiger partial charge in [-0.25, -0.2) is 4.79 Å². The van der Waals surface area contributed by atoms with E-state index in [-0.39, 0.29) is 11.5 Å². The number of nitrogens with zero attached hydrogens (tertiary/aromatic N) is 2. The minimum atomic E-state index is -0.443. The van der Waals surface area contributed by atoms with Crippen molar-refractivity contribution in [3.8, 4) is 0 Å². The topological polar surface area (TPSA) is 54.5 Å². The Kier molecular flexibility index (Phi) is 6.82. The summed E-state index contributed by atoms with van der Waals surface area (Å²) in [5.41, 5.74) is 0.930. The molecule has 0 radical (unpaired) electrons. The molecule has 140 valence electrons. The minimum absolute atomic E-state index is 0.136. The van der Waals surface area contributed by atoms with Crippen LogP contribution in [0.25, 0.3) is 0 Å². The average molecular weight is 348 g/mol. The van der Waals surface area contributed by atoms with E-state index in [4.69, 9.17) is 4.74 Å². The van der Waals surface area contributed by atoms with Gasteiger partial charge in [0.15, 0.2) is 0 Å². The summed E-state index contributed by atoms with van der Waals surface area (Å²) in [5.74, 6) is 0. The summed E-state index contributed by atoms with van der Waals surface area (Å²) in [6.07, 6.45) is 7.91. The highest BCUT2D eigenvalue weighted by atomic mass is 16.6. The molecule has 0 saturated carbocycles. The first-order valence-electron chi connectivity index (χ1n) is 9.41. The monoisotopic (exact) mass is 347 g/mol. The van der Waals surface area contributed by atoms with Crippen LogP contribution in [0.1, 0.15) is 58.9 Å². The van der Waals surface area contributed by atoms with E-state index >= 15 is 0 Å². The number of ether oxygens (including phenoxy) is 1. The molecular formula is C20H33N3O2. The summed E-state index contributed by atoms with van der Waals surface area (Å²) in [6, 6.07) is 4.07. The van der Waals surface area contributed by atoms with Gasteiger partial charge in [0.1, 0.15) is 5.60 Å². The van der Waals surface area contributed by atoms with E-state index in [9.17, 15) is 4.79 Å². The van der Waals surface area contributed by atoms with Gasteiger partial charge >= 0.3 is 6.09 Å². The highest BCUT2D eigenvalue weighted by Crippen LogP contribution is 2.34. The number of rotatable bonds is 6. The maximum absolute atomic E-state index is 12.5. The Morgan fingerprint density at radius 3 is 2.72 bits per heavy atom. The third-order valence-corrected chi connectivity index (χ3v) is 4.67. The molecule has 1 atom stereocenters. The first-order chi connectivity index (χ1) is 11.8. The van der Waals surface area contributed by atoms with Crippen LogP contribution in [0.5, 0.6) is 0 Å². The fourth-order valence-corrected chi connectivity index (χ4v) is 3.63. The molecule has 0 aliphatic carbocycles. The first-order valence-corrected chi connectivity index (χ1v) is 9.41. The van der Waals surface area contributed by atoms with Gasteiger partial charge in [0.05, 0.1) is 0 Å². The zero-order valence-electron chi connectivity index (χ0n) is 16.2. The van der Waals surface area contributed by atoms with Crippen molar-refractivity contribution in [2.24, 2.45) is 5.41 Å². The van der Waals surface area contributed by atoms with Crippen LogP contribution in [0.4, 0.5) is 4.79 Å². The van der Waals surface area contributed by atoms with Crippen LogP contribution in [-0.2, 0) is 11.3 Å². The molecular weight excluding hydrogens is 314 g/mol. The second-order valence-corrected chi connectivity index (χ2v) is 8.21. The van der Waals surface area contributed by atoms with Crippen molar-refractivity contribution >= 4 is 6.09 Å². The van der Waals surface area contributed by atoms with Crippen LogP contribution in [0.2, 0.25) is 0 Å². The van der Waals surface area contributed by atoms with Crippen molar-refractivity contribution < 1.29 is 9.53 Å². The van der Waals surface area contributed by atoms with Crippen LogP contribution < -0.4 is 5.32 Å². The Morgan fingerprint density at radius 1 is 1.36 bits per heavy atom. The van der Waals surface area contributed by atoms with Gasteiger partial charge < -0.3 is 15.0 Å². The molecule has 1 saturated heterocycles. The number of carbonyl (C=O) groups excluding carboxylic acids is 1. The number of likely N-dealkylation sites (tertiary alicyclic amines) is 1. The number of piperidine rings is 1. The lowest BCUT2D eigenvalue weighted by Gasteiger charge is -2.43. The molecule has 5 heteroatoms. The quantitative estimate of drug-likeness (QED) is 0.845. The smallest absolute Gasteiger partial charge is 0.410 e. The van der Waals surface area contributed by atoms with Gasteiger partial charge in [-0.15, -0.1) is 0 Å². The van der Waals surface area contributed by atoms with E-state index < -0.39 is 5.60 Å². The number of pyridine rings is 1. The molecule has 1 aromatic rings. The van der Waals surface area contributed by atoms with Crippen LogP contribution in [0, 0.1) is 5.41 Å². The number of nitrogens with one attached hydrogen (secondary N) is 1. The summed E-state index contributed by atoms with van der Waals surface area (Å²) in [4.78, 5) is 18.4. The molecule has 2 heterocycles. The minimum Gasteiger partial charge on any atom is -0.444 e. The van der Waals surface area contributed by atoms with E-state index in [1.54, 1.807) is 0 Å². The standard InChI is InChI=1S/C20H33N3O2/c1-5-9-20(15-22-14-17-7-11-21-12-8-17)10-6-13-23(16-20)18(24)25-19(2,3)4/h7-8,11-12,22H,5-6,9-10,13-16H2,1-4H3. The van der Waals surface area contributed by atoms with Gasteiger partial charge in [-0.3, -0.25) is 4.98 Å². The zero-order chi connectivity index (χ0) is 18.3. The summed E-state index contributed by atoms with van der Waals surface area (Å²) >= 11 is 0. The van der Waals surface area contributed by atoms with Gasteiger partial charge in [-0.05, 0) is 57.7 Å². The van der Waals surface area contributed by atoms with Crippen LogP contribution >= 0.6 is 0 Å². The van der Waals surface area contributed by atoms with Crippen molar-refractivity contribution in [2.75, 3.05) is 19.6 Å². The number of hydrogen-bond acceptors (Lipinski definition) is 4. The molecule has 0 spiro atoms. The fourth-order valence-electron chi connectivity index (χ4n) is 3.63. The predicted molar refractivity (Wildman–Crippen MR) is 100 cm³/mol. The van der Waals surface area contributed by atoms with E-state index in [0.717, 1.165) is 51.9 Å². The largest absolute Gasteiger partial charge is 0.444 e. The maximum atomic E-state index is 12.5. The Morgan fingerprint density at radius 2 is 2.08 bits per heavy atom. The number of hydrogen-bond donors (Lipinski definition) is 1. The average Bonchev–Trinajstić information content (AvgIpc) is 2.55. The molecule has 2 rings (SSSR count). The van der Waals surface area contributed by atoms with Gasteiger partial charge in [0.25, 0.3) is 0 Å². The molecule has 1 amide bonds. The van der Waals surface area contributed by atoms with Crippen LogP contribution in [-0.4, -0.2) is 41.2 Å². The fraction of sp³-hybridized carbons (Fsp3) is 0.700. The van der Waals surface area contributed by atoms with Crippen molar-refractivity contribution in [2.45, 2.75) is 65.5 Å². The normalized spacial score (nSPS) is 21.2. The molecule has 1 aliphatic heterocycles. The molecule has 25 heavy (non-hydrogen) atoms. The summed E-state index contributed by atoms with van der Waals surface area (Å²) < 4.78 is 5.58. The van der Waals surface area contributed by atoms with Gasteiger partial charge in [0.2, 0.25) is 0 Å². The third-order valence-electron chi connectivity index (χ3n) is 4.67. The van der Waals surface area contributed by atoms with Gasteiger partial charge in [-0.2, -0.15) is 0 Å². The molecule has 5 nitrogen and oxygen atoms in total. The van der Waals surface area contributed by atoms with Gasteiger partial charge in [0, 0.05) is 44.0 Å². The lowest BCUT2D eigenvalue weighted by molar-refractivity contribution is 0.00235. The lowest BCUT2D eigenvalue weighted by Crippen LogP contribution is -2.51. The molecule has 1 unspecified atom stereocenters. The lowest BCUT2D eigenvalue weighted by atomic mass is 9.76. The maximum Gasteiger partial charge on any atom is 0.410 e. The van der Waals surface area contributed by atoms with Crippen LogP contribution in [0.3, 0.4) is 0 Å². The molecule has 1 fully saturated rings. The third kappa shape index (κ3) is 6.31. The van der Waals surface area contributed by atoms with Crippen molar-refractivity contribution in [3.63, 3.8) is 0 Å². The van der Waals surface area contributed by atoms with Gasteiger partial charge in [-0.1, -0.05) is 13.3 Å². The van der Waals surface area contributed by atoms with Crippen molar-refractivity contribution in [1.29, 1.82) is 0 Å². The predicted octanol–water partition coefficient (Wildman–Crippen LogP) is 3.99. The van der Waals surface area contributed by atoms with Crippen molar-refractivity contribution in [1.82, 2.24) is 15.2 Å². The molecule has 1 aliphatic rings. The van der Waals surface area contributed by atoms with E-state index in [1.165, 1.54) is 5.56 Å². The summed E-state index contributed by atoms with van der Waals surface area (Å²) in [7, 11) is 0. The van der Waals surface area contributed by atoms with E-state index in [2.05, 4.69) is 17.2 Å². The second kappa shape index (κ2) is 8.65. The zero-order valence-corrected chi connectivity index (χ0v) is 16.2. The molecule has 1 N–H and O–H groups in total. The highest BCUT2D eigenvalue weighted by molar-refractivity contribution is 5.68. The van der Waals surface area contributed by atoms with Crippen LogP contribution in [0.15, 0.2) is 24.5 Å². The Balaban J connectivity index is 1.96. The Hall–Kier alpha value is -1.62. The second-order valence-electron chi connectivity index (χ2n) is 8.21. The van der Waals surface area contributed by atoms with Crippen molar-refractivity contribution in [3.05, 3.63) is 30.1 Å². The first kappa shape index (κ1) is 19.7. The summed E-state index contributed by atoms with van der Waals surface area (Å²) in [5, 5.41) is 3.60. The number of amides is 1. The van der Waals surface area contributed by atoms with E-state index in [1.807, 2.05) is 50.2 Å². The van der Waals surface area contributed by atoms with E-state index in [0.29, 0.717) is 0 Å². The number of aromatic nitrogens is 1. The molecule has 0 bridgehead atoms. The molecule has 0 aromatic carbocycles.